The Morgan fingerprint density at radius 3 is 2.71 bits per heavy atom. The largest absolute Gasteiger partial charge is 0.362 e. The summed E-state index contributed by atoms with van der Waals surface area (Å²) in [5, 5.41) is 16.3. The van der Waals surface area contributed by atoms with Gasteiger partial charge < -0.3 is 10.6 Å². The Kier molecular flexibility index (Phi) is 4.47. The van der Waals surface area contributed by atoms with Crippen molar-refractivity contribution in [3.63, 3.8) is 0 Å². The van der Waals surface area contributed by atoms with Gasteiger partial charge in [0.15, 0.2) is 14.8 Å². The summed E-state index contributed by atoms with van der Waals surface area (Å²) in [6, 6.07) is 1.00. The maximum Gasteiger partial charge on any atom is 0.304 e. The van der Waals surface area contributed by atoms with Crippen LogP contribution in [0.15, 0.2) is 10.3 Å². The van der Waals surface area contributed by atoms with Crippen LogP contribution >= 0.6 is 11.3 Å². The minimum absolute atomic E-state index is 0.0713. The third-order valence-electron chi connectivity index (χ3n) is 2.95. The van der Waals surface area contributed by atoms with Crippen molar-refractivity contribution in [2.24, 2.45) is 5.92 Å². The van der Waals surface area contributed by atoms with Crippen LogP contribution in [-0.4, -0.2) is 38.6 Å². The van der Waals surface area contributed by atoms with Gasteiger partial charge in [-0.15, -0.1) is 0 Å². The first-order valence-electron chi connectivity index (χ1n) is 6.26. The molecule has 0 saturated heterocycles. The fourth-order valence-electron chi connectivity index (χ4n) is 1.61. The molecular weight excluding hydrogens is 318 g/mol. The van der Waals surface area contributed by atoms with Crippen LogP contribution in [-0.2, 0) is 14.6 Å². The predicted molar refractivity (Wildman–Crippen MR) is 78.3 cm³/mol. The van der Waals surface area contributed by atoms with Gasteiger partial charge in [0.25, 0.3) is 0 Å². The van der Waals surface area contributed by atoms with Crippen LogP contribution in [0.2, 0.25) is 0 Å². The van der Waals surface area contributed by atoms with Gasteiger partial charge in [-0.3, -0.25) is 14.9 Å². The predicted octanol–water partition coefficient (Wildman–Crippen LogP) is 0.998. The highest BCUT2D eigenvalue weighted by Crippen LogP contribution is 2.36. The van der Waals surface area contributed by atoms with E-state index < -0.39 is 14.8 Å². The Bertz CT molecular complexity index is 663. The third-order valence-corrected chi connectivity index (χ3v) is 5.83. The van der Waals surface area contributed by atoms with Crippen molar-refractivity contribution in [3.05, 3.63) is 16.2 Å². The Morgan fingerprint density at radius 1 is 1.52 bits per heavy atom. The minimum atomic E-state index is -3.52. The van der Waals surface area contributed by atoms with E-state index in [9.17, 15) is 23.3 Å². The molecule has 1 heterocycles. The third kappa shape index (κ3) is 4.39. The first-order valence-corrected chi connectivity index (χ1v) is 8.97. The molecule has 0 spiro atoms. The highest BCUT2D eigenvalue weighted by molar-refractivity contribution is 7.92. The standard InChI is InChI=1S/C11H15N3O5S2/c1-21(18,19)10-4-8(14(16)17)11(20-10)13-6-9(15)12-5-7-2-3-7/h4,7,13H,2-3,5-6H2,1H3,(H,12,15). The summed E-state index contributed by atoms with van der Waals surface area (Å²) >= 11 is 0.753. The van der Waals surface area contributed by atoms with Gasteiger partial charge in [0.1, 0.15) is 4.21 Å². The summed E-state index contributed by atoms with van der Waals surface area (Å²) in [6.45, 7) is 0.485. The number of amides is 1. The van der Waals surface area contributed by atoms with Crippen molar-refractivity contribution >= 4 is 37.8 Å². The number of nitrogens with one attached hydrogen (secondary N) is 2. The van der Waals surface area contributed by atoms with E-state index in [4.69, 9.17) is 0 Å². The van der Waals surface area contributed by atoms with Crippen molar-refractivity contribution in [2.75, 3.05) is 24.7 Å². The van der Waals surface area contributed by atoms with Gasteiger partial charge in [-0.25, -0.2) is 8.42 Å². The van der Waals surface area contributed by atoms with Gasteiger partial charge >= 0.3 is 5.69 Å². The molecule has 1 aliphatic carbocycles. The van der Waals surface area contributed by atoms with Crippen LogP contribution in [0.4, 0.5) is 10.7 Å². The number of sulfone groups is 1. The lowest BCUT2D eigenvalue weighted by molar-refractivity contribution is -0.383. The zero-order valence-electron chi connectivity index (χ0n) is 11.3. The average molecular weight is 333 g/mol. The van der Waals surface area contributed by atoms with Gasteiger partial charge in [0.2, 0.25) is 5.91 Å². The average Bonchev–Trinajstić information content (AvgIpc) is 3.09. The van der Waals surface area contributed by atoms with Crippen molar-refractivity contribution in [2.45, 2.75) is 17.1 Å². The van der Waals surface area contributed by atoms with E-state index in [-0.39, 0.29) is 27.3 Å². The highest BCUT2D eigenvalue weighted by Gasteiger charge is 2.24. The Labute approximate surface area is 125 Å². The summed E-state index contributed by atoms with van der Waals surface area (Å²) in [4.78, 5) is 21.8. The highest BCUT2D eigenvalue weighted by atomic mass is 32.2. The number of hydrogen-bond donors (Lipinski definition) is 2. The molecule has 1 fully saturated rings. The molecule has 0 atom stereocenters. The van der Waals surface area contributed by atoms with E-state index in [1.807, 2.05) is 0 Å². The summed E-state index contributed by atoms with van der Waals surface area (Å²) in [5.74, 6) is 0.271. The number of rotatable bonds is 7. The molecule has 1 aromatic heterocycles. The monoisotopic (exact) mass is 333 g/mol. The molecule has 0 aliphatic heterocycles. The zero-order chi connectivity index (χ0) is 15.6. The van der Waals surface area contributed by atoms with Gasteiger partial charge in [0.05, 0.1) is 11.5 Å². The first kappa shape index (κ1) is 15.7. The number of hydrogen-bond acceptors (Lipinski definition) is 7. The van der Waals surface area contributed by atoms with Gasteiger partial charge in [-0.05, 0) is 18.8 Å². The fourth-order valence-corrected chi connectivity index (χ4v) is 3.54. The molecule has 1 aromatic rings. The Hall–Kier alpha value is -1.68. The van der Waals surface area contributed by atoms with E-state index >= 15 is 0 Å². The first-order chi connectivity index (χ1) is 9.77. The van der Waals surface area contributed by atoms with Crippen LogP contribution < -0.4 is 10.6 Å². The lowest BCUT2D eigenvalue weighted by Gasteiger charge is -2.05. The van der Waals surface area contributed by atoms with E-state index in [2.05, 4.69) is 10.6 Å². The van der Waals surface area contributed by atoms with Crippen molar-refractivity contribution in [1.29, 1.82) is 0 Å². The second kappa shape index (κ2) is 5.98. The van der Waals surface area contributed by atoms with Crippen molar-refractivity contribution in [3.8, 4) is 0 Å². The maximum absolute atomic E-state index is 11.6. The molecule has 1 amide bonds. The molecule has 0 radical (unpaired) electrons. The number of anilines is 1. The molecule has 1 saturated carbocycles. The molecule has 0 unspecified atom stereocenters. The van der Waals surface area contributed by atoms with Crippen LogP contribution in [0.25, 0.3) is 0 Å². The molecule has 0 aromatic carbocycles. The van der Waals surface area contributed by atoms with E-state index in [1.165, 1.54) is 0 Å². The molecule has 0 bridgehead atoms. The van der Waals surface area contributed by atoms with Crippen molar-refractivity contribution < 1.29 is 18.1 Å². The topological polar surface area (TPSA) is 118 Å². The summed E-state index contributed by atoms with van der Waals surface area (Å²) < 4.78 is 22.7. The number of carbonyl (C=O) groups excluding carboxylic acids is 1. The molecule has 2 rings (SSSR count). The SMILES string of the molecule is CS(=O)(=O)c1cc([N+](=O)[O-])c(NCC(=O)NCC2CC2)s1. The zero-order valence-corrected chi connectivity index (χ0v) is 12.9. The summed E-state index contributed by atoms with van der Waals surface area (Å²) in [6.07, 6.45) is 3.21. The fraction of sp³-hybridized carbons (Fsp3) is 0.545. The van der Waals surface area contributed by atoms with Gasteiger partial charge in [-0.2, -0.15) is 0 Å². The Balaban J connectivity index is 2.02. The smallest absolute Gasteiger partial charge is 0.304 e. The normalized spacial score (nSPS) is 14.7. The second-order valence-electron chi connectivity index (χ2n) is 4.91. The molecule has 21 heavy (non-hydrogen) atoms. The van der Waals surface area contributed by atoms with E-state index in [0.717, 1.165) is 36.5 Å². The number of nitro groups is 1. The molecule has 116 valence electrons. The van der Waals surface area contributed by atoms with Gasteiger partial charge in [-0.1, -0.05) is 11.3 Å². The van der Waals surface area contributed by atoms with Crippen LogP contribution in [0, 0.1) is 16.0 Å². The molecule has 8 nitrogen and oxygen atoms in total. The molecule has 2 N–H and O–H groups in total. The number of thiophene rings is 1. The van der Waals surface area contributed by atoms with Crippen LogP contribution in [0.1, 0.15) is 12.8 Å². The van der Waals surface area contributed by atoms with E-state index in [1.54, 1.807) is 0 Å². The maximum atomic E-state index is 11.6. The number of nitrogens with zero attached hydrogens (tertiary/aromatic N) is 1. The lowest BCUT2D eigenvalue weighted by atomic mass is 10.4. The summed E-state index contributed by atoms with van der Waals surface area (Å²) in [7, 11) is -3.52. The van der Waals surface area contributed by atoms with Crippen molar-refractivity contribution in [1.82, 2.24) is 5.32 Å². The second-order valence-corrected chi connectivity index (χ2v) is 8.20. The minimum Gasteiger partial charge on any atom is -0.362 e. The van der Waals surface area contributed by atoms with Crippen LogP contribution in [0.3, 0.4) is 0 Å². The number of carbonyl (C=O) groups is 1. The molecule has 10 heteroatoms. The molecular formula is C11H15N3O5S2. The van der Waals surface area contributed by atoms with E-state index in [0.29, 0.717) is 12.5 Å². The van der Waals surface area contributed by atoms with Gasteiger partial charge in [0, 0.05) is 18.9 Å². The lowest BCUT2D eigenvalue weighted by Crippen LogP contribution is -2.31. The Morgan fingerprint density at radius 2 is 2.19 bits per heavy atom. The molecule has 1 aliphatic rings. The quantitative estimate of drug-likeness (QED) is 0.567. The summed E-state index contributed by atoms with van der Waals surface area (Å²) in [5.41, 5.74) is -0.338. The van der Waals surface area contributed by atoms with Crippen LogP contribution in [0.5, 0.6) is 0 Å².